The Bertz CT molecular complexity index is 653. The SMILES string of the molecule is OC[C@@H]1O[C@H](OC[C@@H]2O[C@H](O[C@]3(CO)O[C@@H](CO)[C@@H](O)[C@H]3O)[C@@H](O)[C@H](O)[C@@H]2O)[C@H](O)[C@H](O)[C@H]1O. The van der Waals surface area contributed by atoms with Crippen molar-refractivity contribution in [3.05, 3.63) is 0 Å². The van der Waals surface area contributed by atoms with Gasteiger partial charge in [-0.2, -0.15) is 0 Å². The minimum atomic E-state index is -2.36. The van der Waals surface area contributed by atoms with Crippen LogP contribution in [0.15, 0.2) is 0 Å². The molecule has 16 nitrogen and oxygen atoms in total. The summed E-state index contributed by atoms with van der Waals surface area (Å²) in [6.07, 6.45) is -21.8. The van der Waals surface area contributed by atoms with Crippen LogP contribution in [0.3, 0.4) is 0 Å². The molecule has 3 rings (SSSR count). The normalized spacial score (nSPS) is 52.1. The molecule has 3 saturated heterocycles. The van der Waals surface area contributed by atoms with E-state index in [2.05, 4.69) is 0 Å². The summed E-state index contributed by atoms with van der Waals surface area (Å²) in [5.74, 6) is -2.36. The highest BCUT2D eigenvalue weighted by molar-refractivity contribution is 4.98. The second-order valence-corrected chi connectivity index (χ2v) is 8.41. The molecule has 3 fully saturated rings. The molecule has 0 aromatic carbocycles. The summed E-state index contributed by atoms with van der Waals surface area (Å²) in [6.45, 7) is -3.14. The highest BCUT2D eigenvalue weighted by Crippen LogP contribution is 2.36. The third-order valence-corrected chi connectivity index (χ3v) is 6.16. The highest BCUT2D eigenvalue weighted by Gasteiger charge is 2.58. The molecule has 0 saturated carbocycles. The van der Waals surface area contributed by atoms with Gasteiger partial charge in [0.1, 0.15) is 73.8 Å². The minimum Gasteiger partial charge on any atom is -0.394 e. The minimum absolute atomic E-state index is 0.634. The molecule has 34 heavy (non-hydrogen) atoms. The maximum atomic E-state index is 10.3. The number of hydrogen-bond acceptors (Lipinski definition) is 16. The zero-order chi connectivity index (χ0) is 25.4. The first kappa shape index (κ1) is 27.9. The zero-order valence-corrected chi connectivity index (χ0v) is 17.8. The van der Waals surface area contributed by atoms with Crippen LogP contribution in [0.25, 0.3) is 0 Å². The Morgan fingerprint density at radius 2 is 1.12 bits per heavy atom. The van der Waals surface area contributed by atoms with Crippen molar-refractivity contribution in [3.63, 3.8) is 0 Å². The van der Waals surface area contributed by atoms with E-state index in [1.807, 2.05) is 0 Å². The Balaban J connectivity index is 1.69. The van der Waals surface area contributed by atoms with Gasteiger partial charge in [0.05, 0.1) is 19.8 Å². The molecule has 16 heteroatoms. The van der Waals surface area contributed by atoms with Gasteiger partial charge < -0.3 is 79.9 Å². The molecule has 0 bridgehead atoms. The van der Waals surface area contributed by atoms with Crippen molar-refractivity contribution in [1.29, 1.82) is 0 Å². The van der Waals surface area contributed by atoms with E-state index in [0.717, 1.165) is 0 Å². The summed E-state index contributed by atoms with van der Waals surface area (Å²) < 4.78 is 26.4. The summed E-state index contributed by atoms with van der Waals surface area (Å²) in [5, 5.41) is 109. The summed E-state index contributed by atoms with van der Waals surface area (Å²) in [6, 6.07) is 0. The van der Waals surface area contributed by atoms with E-state index in [1.54, 1.807) is 0 Å². The third kappa shape index (κ3) is 5.09. The fraction of sp³-hybridized carbons (Fsp3) is 1.00. The molecule has 0 aliphatic carbocycles. The average Bonchev–Trinajstić information content (AvgIpc) is 3.08. The molecule has 14 atom stereocenters. The highest BCUT2D eigenvalue weighted by atomic mass is 16.8. The lowest BCUT2D eigenvalue weighted by Gasteiger charge is -2.44. The van der Waals surface area contributed by atoms with Gasteiger partial charge in [-0.1, -0.05) is 0 Å². The van der Waals surface area contributed by atoms with Crippen molar-refractivity contribution in [2.24, 2.45) is 0 Å². The van der Waals surface area contributed by atoms with Gasteiger partial charge in [-0.15, -0.1) is 0 Å². The number of aliphatic hydroxyl groups excluding tert-OH is 11. The molecule has 3 aliphatic rings. The van der Waals surface area contributed by atoms with Crippen LogP contribution in [0, 0.1) is 0 Å². The molecule has 0 aromatic rings. The van der Waals surface area contributed by atoms with Crippen molar-refractivity contribution in [3.8, 4) is 0 Å². The summed E-state index contributed by atoms with van der Waals surface area (Å²) >= 11 is 0. The molecule has 200 valence electrons. The van der Waals surface area contributed by atoms with E-state index in [9.17, 15) is 56.2 Å². The predicted octanol–water partition coefficient (Wildman–Crippen LogP) is -7.57. The quantitative estimate of drug-likeness (QED) is 0.146. The second-order valence-electron chi connectivity index (χ2n) is 8.41. The van der Waals surface area contributed by atoms with Gasteiger partial charge in [0.15, 0.2) is 12.6 Å². The number of hydrogen-bond donors (Lipinski definition) is 11. The Hall–Kier alpha value is -0.640. The Kier molecular flexibility index (Phi) is 9.18. The van der Waals surface area contributed by atoms with Gasteiger partial charge in [0.2, 0.25) is 5.79 Å². The monoisotopic (exact) mass is 504 g/mol. The van der Waals surface area contributed by atoms with E-state index >= 15 is 0 Å². The molecule has 0 amide bonds. The van der Waals surface area contributed by atoms with E-state index in [4.69, 9.17) is 23.7 Å². The van der Waals surface area contributed by atoms with Crippen LogP contribution >= 0.6 is 0 Å². The van der Waals surface area contributed by atoms with E-state index in [1.165, 1.54) is 0 Å². The van der Waals surface area contributed by atoms with Crippen LogP contribution in [0.2, 0.25) is 0 Å². The fourth-order valence-corrected chi connectivity index (χ4v) is 4.01. The Morgan fingerprint density at radius 1 is 0.588 bits per heavy atom. The lowest BCUT2D eigenvalue weighted by atomic mass is 9.98. The smallest absolute Gasteiger partial charge is 0.224 e. The number of rotatable bonds is 8. The van der Waals surface area contributed by atoms with Gasteiger partial charge >= 0.3 is 0 Å². The van der Waals surface area contributed by atoms with Crippen LogP contribution in [0.5, 0.6) is 0 Å². The van der Waals surface area contributed by atoms with E-state index in [0.29, 0.717) is 0 Å². The Labute approximate surface area is 192 Å². The Morgan fingerprint density at radius 3 is 1.65 bits per heavy atom. The molecule has 0 aromatic heterocycles. The topological polar surface area (TPSA) is 269 Å². The molecule has 3 heterocycles. The van der Waals surface area contributed by atoms with Gasteiger partial charge in [-0.25, -0.2) is 0 Å². The van der Waals surface area contributed by atoms with Crippen LogP contribution in [0.4, 0.5) is 0 Å². The molecular weight excluding hydrogens is 472 g/mol. The van der Waals surface area contributed by atoms with Gasteiger partial charge in [-0.3, -0.25) is 0 Å². The first-order chi connectivity index (χ1) is 16.0. The van der Waals surface area contributed by atoms with Crippen molar-refractivity contribution >= 4 is 0 Å². The van der Waals surface area contributed by atoms with E-state index < -0.39 is 112 Å². The predicted molar refractivity (Wildman–Crippen MR) is 101 cm³/mol. The number of aliphatic hydroxyl groups is 11. The fourth-order valence-electron chi connectivity index (χ4n) is 4.01. The molecule has 11 N–H and O–H groups in total. The first-order valence-corrected chi connectivity index (χ1v) is 10.6. The molecular formula is C18H32O16. The van der Waals surface area contributed by atoms with Gasteiger partial charge in [0.25, 0.3) is 0 Å². The van der Waals surface area contributed by atoms with Gasteiger partial charge in [-0.05, 0) is 0 Å². The average molecular weight is 504 g/mol. The second kappa shape index (κ2) is 11.2. The lowest BCUT2D eigenvalue weighted by Crippen LogP contribution is -2.63. The zero-order valence-electron chi connectivity index (χ0n) is 17.8. The van der Waals surface area contributed by atoms with Crippen molar-refractivity contribution in [2.45, 2.75) is 85.5 Å². The molecule has 0 unspecified atom stereocenters. The summed E-state index contributed by atoms with van der Waals surface area (Å²) in [5.41, 5.74) is 0. The summed E-state index contributed by atoms with van der Waals surface area (Å²) in [4.78, 5) is 0. The first-order valence-electron chi connectivity index (χ1n) is 10.6. The van der Waals surface area contributed by atoms with Crippen molar-refractivity contribution in [2.75, 3.05) is 26.4 Å². The molecule has 3 aliphatic heterocycles. The molecule has 0 radical (unpaired) electrons. The maximum absolute atomic E-state index is 10.3. The van der Waals surface area contributed by atoms with Crippen molar-refractivity contribution in [1.82, 2.24) is 0 Å². The van der Waals surface area contributed by atoms with Crippen molar-refractivity contribution < 1.29 is 79.9 Å². The van der Waals surface area contributed by atoms with Crippen LogP contribution in [-0.4, -0.2) is 168 Å². The van der Waals surface area contributed by atoms with E-state index in [-0.39, 0.29) is 0 Å². The largest absolute Gasteiger partial charge is 0.394 e. The van der Waals surface area contributed by atoms with Crippen LogP contribution in [0.1, 0.15) is 0 Å². The summed E-state index contributed by atoms with van der Waals surface area (Å²) in [7, 11) is 0. The lowest BCUT2D eigenvalue weighted by molar-refractivity contribution is -0.388. The third-order valence-electron chi connectivity index (χ3n) is 6.16. The molecule has 0 spiro atoms. The van der Waals surface area contributed by atoms with Gasteiger partial charge in [0, 0.05) is 0 Å². The standard InChI is InChI=1S/C18H32O16/c19-1-5-8(22)11(25)13(27)16(31-5)30-3-7-9(23)12(26)14(28)17(32-7)34-18(4-21)15(29)10(24)6(2-20)33-18/h5-17,19-29H,1-4H2/t5-,6-,7-,8-,9+,10+,11+,12+,13+,14-,15+,16-,17+,18-/m0/s1. The van der Waals surface area contributed by atoms with Crippen LogP contribution < -0.4 is 0 Å². The number of ether oxygens (including phenoxy) is 5. The maximum Gasteiger partial charge on any atom is 0.224 e. The van der Waals surface area contributed by atoms with Crippen LogP contribution in [-0.2, 0) is 23.7 Å².